The molecule has 0 fully saturated rings. The van der Waals surface area contributed by atoms with Gasteiger partial charge < -0.3 is 4.42 Å². The average molecular weight is 351 g/mol. The lowest BCUT2D eigenvalue weighted by molar-refractivity contribution is -0.384. The topological polar surface area (TPSA) is 114 Å². The summed E-state index contributed by atoms with van der Waals surface area (Å²) in [5.41, 5.74) is 5.51. The zero-order chi connectivity index (χ0) is 18.5. The predicted octanol–water partition coefficient (Wildman–Crippen LogP) is 2.93. The minimum Gasteiger partial charge on any atom is -0.451 e. The number of nitrogens with one attached hydrogen (secondary N) is 2. The van der Waals surface area contributed by atoms with Crippen molar-refractivity contribution in [2.24, 2.45) is 0 Å². The molecule has 1 aromatic heterocycles. The maximum absolute atomic E-state index is 12.1. The second-order valence-electron chi connectivity index (χ2n) is 5.24. The molecule has 0 aliphatic rings. The van der Waals surface area contributed by atoms with E-state index in [0.717, 1.165) is 0 Å². The van der Waals surface area contributed by atoms with Crippen LogP contribution in [0, 0.1) is 10.1 Å². The van der Waals surface area contributed by atoms with Gasteiger partial charge >= 0.3 is 5.91 Å². The molecule has 0 saturated heterocycles. The molecule has 0 atom stereocenters. The van der Waals surface area contributed by atoms with Gasteiger partial charge in [0.2, 0.25) is 0 Å². The summed E-state index contributed by atoms with van der Waals surface area (Å²) >= 11 is 0. The largest absolute Gasteiger partial charge is 0.451 e. The van der Waals surface area contributed by atoms with Gasteiger partial charge in [-0.3, -0.25) is 30.6 Å². The Kier molecular flexibility index (Phi) is 4.75. The smallest absolute Gasteiger partial charge is 0.305 e. The zero-order valence-corrected chi connectivity index (χ0v) is 13.3. The first-order valence-electron chi connectivity index (χ1n) is 7.55. The van der Waals surface area contributed by atoms with Gasteiger partial charge in [-0.05, 0) is 36.4 Å². The Balaban J connectivity index is 1.64. The molecule has 3 aromatic rings. The van der Waals surface area contributed by atoms with Crippen LogP contribution in [0.1, 0.15) is 20.9 Å². The van der Waals surface area contributed by atoms with E-state index in [1.807, 2.05) is 0 Å². The Hall–Kier alpha value is -3.94. The maximum Gasteiger partial charge on any atom is 0.305 e. The van der Waals surface area contributed by atoms with Gasteiger partial charge in [0.1, 0.15) is 5.76 Å². The van der Waals surface area contributed by atoms with E-state index in [-0.39, 0.29) is 11.4 Å². The normalized spacial score (nSPS) is 10.2. The van der Waals surface area contributed by atoms with Gasteiger partial charge in [-0.25, -0.2) is 0 Å². The van der Waals surface area contributed by atoms with Crippen molar-refractivity contribution in [3.05, 3.63) is 88.2 Å². The quantitative estimate of drug-likeness (QED) is 0.554. The molecule has 2 aromatic carbocycles. The Morgan fingerprint density at radius 1 is 0.846 bits per heavy atom. The molecule has 26 heavy (non-hydrogen) atoms. The number of nitro benzene ring substituents is 1. The molecule has 3 rings (SSSR count). The van der Waals surface area contributed by atoms with E-state index in [2.05, 4.69) is 10.9 Å². The monoisotopic (exact) mass is 351 g/mol. The second-order valence-corrected chi connectivity index (χ2v) is 5.24. The fourth-order valence-corrected chi connectivity index (χ4v) is 2.20. The van der Waals surface area contributed by atoms with Crippen LogP contribution in [-0.4, -0.2) is 16.7 Å². The van der Waals surface area contributed by atoms with E-state index < -0.39 is 16.7 Å². The van der Waals surface area contributed by atoms with Crippen molar-refractivity contribution in [1.29, 1.82) is 0 Å². The van der Waals surface area contributed by atoms with Gasteiger partial charge in [0, 0.05) is 23.3 Å². The van der Waals surface area contributed by atoms with E-state index in [1.54, 1.807) is 36.4 Å². The minimum absolute atomic E-state index is 0.00767. The van der Waals surface area contributed by atoms with Crippen LogP contribution in [0.4, 0.5) is 5.69 Å². The first kappa shape index (κ1) is 16.9. The molecule has 2 N–H and O–H groups in total. The fraction of sp³-hybridized carbons (Fsp3) is 0. The molecule has 0 aliphatic heterocycles. The van der Waals surface area contributed by atoms with Crippen LogP contribution in [0.15, 0.2) is 71.1 Å². The third-order valence-electron chi connectivity index (χ3n) is 3.52. The zero-order valence-electron chi connectivity index (χ0n) is 13.3. The summed E-state index contributed by atoms with van der Waals surface area (Å²) in [6, 6.07) is 17.2. The highest BCUT2D eigenvalue weighted by atomic mass is 16.6. The Bertz CT molecular complexity index is 948. The van der Waals surface area contributed by atoms with Crippen molar-refractivity contribution in [1.82, 2.24) is 10.9 Å². The highest BCUT2D eigenvalue weighted by molar-refractivity contribution is 5.98. The van der Waals surface area contributed by atoms with Crippen LogP contribution >= 0.6 is 0 Å². The van der Waals surface area contributed by atoms with E-state index in [0.29, 0.717) is 16.9 Å². The summed E-state index contributed by atoms with van der Waals surface area (Å²) in [5.74, 6) is -0.713. The fourth-order valence-electron chi connectivity index (χ4n) is 2.20. The number of amides is 2. The van der Waals surface area contributed by atoms with Crippen LogP contribution in [0.2, 0.25) is 0 Å². The van der Waals surface area contributed by atoms with Gasteiger partial charge in [-0.1, -0.05) is 18.2 Å². The summed E-state index contributed by atoms with van der Waals surface area (Å²) in [6.07, 6.45) is 0. The number of rotatable bonds is 4. The predicted molar refractivity (Wildman–Crippen MR) is 92.2 cm³/mol. The number of benzene rings is 2. The molecule has 2 amide bonds. The molecule has 8 nitrogen and oxygen atoms in total. The molecule has 8 heteroatoms. The molecule has 0 spiro atoms. The number of hydrogen-bond donors (Lipinski definition) is 2. The van der Waals surface area contributed by atoms with Crippen molar-refractivity contribution in [2.45, 2.75) is 0 Å². The van der Waals surface area contributed by atoms with Crippen molar-refractivity contribution in [3.8, 4) is 11.3 Å². The lowest BCUT2D eigenvalue weighted by Crippen LogP contribution is -2.41. The summed E-state index contributed by atoms with van der Waals surface area (Å²) < 4.78 is 5.44. The number of nitrogens with zero attached hydrogens (tertiary/aromatic N) is 1. The van der Waals surface area contributed by atoms with Crippen molar-refractivity contribution < 1.29 is 18.9 Å². The Morgan fingerprint density at radius 3 is 2.15 bits per heavy atom. The Labute approximate surface area is 147 Å². The first-order chi connectivity index (χ1) is 12.5. The van der Waals surface area contributed by atoms with Crippen LogP contribution in [0.3, 0.4) is 0 Å². The third kappa shape index (κ3) is 3.75. The minimum atomic E-state index is -0.623. The molecule has 1 heterocycles. The van der Waals surface area contributed by atoms with E-state index in [9.17, 15) is 19.7 Å². The number of carbonyl (C=O) groups excluding carboxylic acids is 2. The van der Waals surface area contributed by atoms with Gasteiger partial charge in [0.05, 0.1) is 4.92 Å². The van der Waals surface area contributed by atoms with Gasteiger partial charge in [-0.15, -0.1) is 0 Å². The van der Waals surface area contributed by atoms with E-state index >= 15 is 0 Å². The van der Waals surface area contributed by atoms with Crippen molar-refractivity contribution in [3.63, 3.8) is 0 Å². The van der Waals surface area contributed by atoms with Crippen LogP contribution in [-0.2, 0) is 0 Å². The third-order valence-corrected chi connectivity index (χ3v) is 3.52. The van der Waals surface area contributed by atoms with Gasteiger partial charge in [0.15, 0.2) is 5.76 Å². The summed E-state index contributed by atoms with van der Waals surface area (Å²) in [5, 5.41) is 10.7. The lowest BCUT2D eigenvalue weighted by atomic mass is 10.1. The standard InChI is InChI=1S/C18H13N3O5/c22-17(13-4-2-1-3-5-13)19-20-18(23)16-11-10-15(26-16)12-6-8-14(9-7-12)21(24)25/h1-11H,(H,19,22)(H,20,23). The summed E-state index contributed by atoms with van der Waals surface area (Å²) in [6.45, 7) is 0. The van der Waals surface area contributed by atoms with Gasteiger partial charge in [0.25, 0.3) is 11.6 Å². The molecule has 130 valence electrons. The highest BCUT2D eigenvalue weighted by Gasteiger charge is 2.14. The molecule has 0 radical (unpaired) electrons. The molecule has 0 bridgehead atoms. The van der Waals surface area contributed by atoms with Gasteiger partial charge in [-0.2, -0.15) is 0 Å². The van der Waals surface area contributed by atoms with Crippen LogP contribution in [0.25, 0.3) is 11.3 Å². The first-order valence-corrected chi connectivity index (χ1v) is 7.55. The summed E-state index contributed by atoms with van der Waals surface area (Å²) in [7, 11) is 0. The number of hydrazine groups is 1. The van der Waals surface area contributed by atoms with E-state index in [1.165, 1.54) is 30.3 Å². The molecular weight excluding hydrogens is 338 g/mol. The lowest BCUT2D eigenvalue weighted by Gasteiger charge is -2.05. The van der Waals surface area contributed by atoms with Crippen LogP contribution < -0.4 is 10.9 Å². The number of hydrogen-bond acceptors (Lipinski definition) is 5. The number of furan rings is 1. The second kappa shape index (κ2) is 7.31. The summed E-state index contributed by atoms with van der Waals surface area (Å²) in [4.78, 5) is 34.1. The average Bonchev–Trinajstić information content (AvgIpc) is 3.17. The highest BCUT2D eigenvalue weighted by Crippen LogP contribution is 2.24. The molecular formula is C18H13N3O5. The van der Waals surface area contributed by atoms with Crippen LogP contribution in [0.5, 0.6) is 0 Å². The van der Waals surface area contributed by atoms with Crippen molar-refractivity contribution >= 4 is 17.5 Å². The maximum atomic E-state index is 12.1. The molecule has 0 aliphatic carbocycles. The SMILES string of the molecule is O=C(NNC(=O)c1ccc(-c2ccc([N+](=O)[O-])cc2)o1)c1ccccc1. The van der Waals surface area contributed by atoms with Crippen molar-refractivity contribution in [2.75, 3.05) is 0 Å². The molecule has 0 saturated carbocycles. The number of nitro groups is 1. The number of non-ortho nitro benzene ring substituents is 1. The van der Waals surface area contributed by atoms with E-state index in [4.69, 9.17) is 4.42 Å². The molecule has 0 unspecified atom stereocenters. The Morgan fingerprint density at radius 2 is 1.50 bits per heavy atom. The number of carbonyl (C=O) groups is 2.